The zero-order valence-electron chi connectivity index (χ0n) is 9.19. The lowest BCUT2D eigenvalue weighted by molar-refractivity contribution is 0.613. The molecule has 0 radical (unpaired) electrons. The average Bonchev–Trinajstić information content (AvgIpc) is 2.36. The molecule has 2 rings (SSSR count). The fourth-order valence-corrected chi connectivity index (χ4v) is 1.90. The number of nitrogens with one attached hydrogen (secondary N) is 1. The SMILES string of the molecule is CNC(c1ccncn1)c1cc(F)ccc1Cl. The molecule has 1 aromatic heterocycles. The van der Waals surface area contributed by atoms with Crippen molar-refractivity contribution in [3.05, 3.63) is 58.9 Å². The molecule has 0 saturated carbocycles. The Balaban J connectivity index is 2.46. The smallest absolute Gasteiger partial charge is 0.123 e. The summed E-state index contributed by atoms with van der Waals surface area (Å²) in [4.78, 5) is 7.99. The van der Waals surface area contributed by atoms with Crippen LogP contribution < -0.4 is 5.32 Å². The number of halogens is 2. The molecule has 17 heavy (non-hydrogen) atoms. The molecule has 1 aromatic carbocycles. The number of rotatable bonds is 3. The molecule has 1 heterocycles. The van der Waals surface area contributed by atoms with E-state index in [4.69, 9.17) is 11.6 Å². The van der Waals surface area contributed by atoms with E-state index in [9.17, 15) is 4.39 Å². The summed E-state index contributed by atoms with van der Waals surface area (Å²) in [7, 11) is 1.77. The maximum absolute atomic E-state index is 13.2. The lowest BCUT2D eigenvalue weighted by Crippen LogP contribution is -2.19. The van der Waals surface area contributed by atoms with Crippen LogP contribution in [0.15, 0.2) is 36.8 Å². The second-order valence-electron chi connectivity index (χ2n) is 3.52. The Morgan fingerprint density at radius 3 is 2.82 bits per heavy atom. The van der Waals surface area contributed by atoms with Gasteiger partial charge in [0.25, 0.3) is 0 Å². The van der Waals surface area contributed by atoms with E-state index < -0.39 is 0 Å². The number of hydrogen-bond acceptors (Lipinski definition) is 3. The molecule has 0 aliphatic rings. The van der Waals surface area contributed by atoms with Crippen LogP contribution >= 0.6 is 11.6 Å². The Labute approximate surface area is 104 Å². The normalized spacial score (nSPS) is 12.4. The fraction of sp³-hybridized carbons (Fsp3) is 0.167. The van der Waals surface area contributed by atoms with E-state index in [1.807, 2.05) is 0 Å². The van der Waals surface area contributed by atoms with Gasteiger partial charge < -0.3 is 5.32 Å². The van der Waals surface area contributed by atoms with Crippen molar-refractivity contribution in [1.82, 2.24) is 15.3 Å². The Morgan fingerprint density at radius 2 is 2.18 bits per heavy atom. The molecule has 2 aromatic rings. The third-order valence-corrected chi connectivity index (χ3v) is 2.80. The zero-order chi connectivity index (χ0) is 12.3. The standard InChI is InChI=1S/C12H11ClFN3/c1-15-12(11-4-5-16-7-17-11)9-6-8(14)2-3-10(9)13/h2-7,12,15H,1H3. The molecule has 0 aliphatic carbocycles. The summed E-state index contributed by atoms with van der Waals surface area (Å²) in [6.45, 7) is 0. The van der Waals surface area contributed by atoms with Gasteiger partial charge in [-0.2, -0.15) is 0 Å². The predicted octanol–water partition coefficient (Wildman–Crippen LogP) is 2.58. The third-order valence-electron chi connectivity index (χ3n) is 2.46. The van der Waals surface area contributed by atoms with Crippen molar-refractivity contribution < 1.29 is 4.39 Å². The van der Waals surface area contributed by atoms with Gasteiger partial charge >= 0.3 is 0 Å². The minimum absolute atomic E-state index is 0.249. The summed E-state index contributed by atoms with van der Waals surface area (Å²) in [5, 5.41) is 3.57. The molecule has 3 nitrogen and oxygen atoms in total. The van der Waals surface area contributed by atoms with Gasteiger partial charge in [0.1, 0.15) is 12.1 Å². The molecule has 0 spiro atoms. The Kier molecular flexibility index (Phi) is 3.66. The first-order valence-corrected chi connectivity index (χ1v) is 5.48. The van der Waals surface area contributed by atoms with Crippen LogP contribution in [-0.4, -0.2) is 17.0 Å². The second kappa shape index (κ2) is 5.21. The molecular formula is C12H11ClFN3. The van der Waals surface area contributed by atoms with Gasteiger partial charge in [-0.1, -0.05) is 11.6 Å². The van der Waals surface area contributed by atoms with Gasteiger partial charge in [-0.25, -0.2) is 14.4 Å². The van der Waals surface area contributed by atoms with Crippen molar-refractivity contribution >= 4 is 11.6 Å². The Morgan fingerprint density at radius 1 is 1.35 bits per heavy atom. The monoisotopic (exact) mass is 251 g/mol. The molecule has 0 fully saturated rings. The molecule has 0 amide bonds. The quantitative estimate of drug-likeness (QED) is 0.911. The van der Waals surface area contributed by atoms with Gasteiger partial charge in [-0.05, 0) is 36.9 Å². The second-order valence-corrected chi connectivity index (χ2v) is 3.93. The highest BCUT2D eigenvalue weighted by Gasteiger charge is 2.16. The zero-order valence-corrected chi connectivity index (χ0v) is 9.95. The lowest BCUT2D eigenvalue weighted by atomic mass is 10.0. The maximum atomic E-state index is 13.2. The minimum Gasteiger partial charge on any atom is -0.308 e. The molecule has 1 N–H and O–H groups in total. The lowest BCUT2D eigenvalue weighted by Gasteiger charge is -2.17. The molecule has 0 aliphatic heterocycles. The molecule has 0 saturated heterocycles. The van der Waals surface area contributed by atoms with Crippen LogP contribution in [0.1, 0.15) is 17.3 Å². The van der Waals surface area contributed by atoms with Crippen LogP contribution in [0.3, 0.4) is 0 Å². The topological polar surface area (TPSA) is 37.8 Å². The van der Waals surface area contributed by atoms with Crippen LogP contribution in [0.5, 0.6) is 0 Å². The Hall–Kier alpha value is -1.52. The minimum atomic E-state index is -0.321. The van der Waals surface area contributed by atoms with E-state index in [2.05, 4.69) is 15.3 Å². The third kappa shape index (κ3) is 2.60. The van der Waals surface area contributed by atoms with Crippen molar-refractivity contribution in [2.75, 3.05) is 7.05 Å². The van der Waals surface area contributed by atoms with Gasteiger partial charge in [-0.3, -0.25) is 0 Å². The van der Waals surface area contributed by atoms with Crippen LogP contribution in [0, 0.1) is 5.82 Å². The molecular weight excluding hydrogens is 241 g/mol. The van der Waals surface area contributed by atoms with E-state index in [1.54, 1.807) is 19.3 Å². The van der Waals surface area contributed by atoms with Gasteiger partial charge in [0.05, 0.1) is 11.7 Å². The number of benzene rings is 1. The van der Waals surface area contributed by atoms with Crippen molar-refractivity contribution in [3.8, 4) is 0 Å². The van der Waals surface area contributed by atoms with E-state index in [0.29, 0.717) is 10.6 Å². The van der Waals surface area contributed by atoms with Crippen LogP contribution in [0.2, 0.25) is 5.02 Å². The van der Waals surface area contributed by atoms with E-state index in [-0.39, 0.29) is 11.9 Å². The van der Waals surface area contributed by atoms with Crippen molar-refractivity contribution in [1.29, 1.82) is 0 Å². The van der Waals surface area contributed by atoms with Gasteiger partial charge in [0.15, 0.2) is 0 Å². The molecule has 1 atom stereocenters. The first kappa shape index (κ1) is 12.0. The molecule has 1 unspecified atom stereocenters. The number of aromatic nitrogens is 2. The first-order chi connectivity index (χ1) is 8.22. The van der Waals surface area contributed by atoms with Crippen molar-refractivity contribution in [3.63, 3.8) is 0 Å². The van der Waals surface area contributed by atoms with Gasteiger partial charge in [-0.15, -0.1) is 0 Å². The molecule has 88 valence electrons. The first-order valence-electron chi connectivity index (χ1n) is 5.10. The van der Waals surface area contributed by atoms with Crippen molar-refractivity contribution in [2.24, 2.45) is 0 Å². The predicted molar refractivity (Wildman–Crippen MR) is 64.3 cm³/mol. The summed E-state index contributed by atoms with van der Waals surface area (Å²) in [5.41, 5.74) is 1.41. The van der Waals surface area contributed by atoms with E-state index >= 15 is 0 Å². The summed E-state index contributed by atoms with van der Waals surface area (Å²) in [6, 6.07) is 5.80. The number of nitrogens with zero attached hydrogens (tertiary/aromatic N) is 2. The average molecular weight is 252 g/mol. The molecule has 0 bridgehead atoms. The fourth-order valence-electron chi connectivity index (χ4n) is 1.67. The summed E-state index contributed by atoms with van der Waals surface area (Å²) < 4.78 is 13.2. The van der Waals surface area contributed by atoms with Gasteiger partial charge in [0.2, 0.25) is 0 Å². The largest absolute Gasteiger partial charge is 0.308 e. The maximum Gasteiger partial charge on any atom is 0.123 e. The van der Waals surface area contributed by atoms with Gasteiger partial charge in [0, 0.05) is 11.2 Å². The molecule has 5 heteroatoms. The summed E-state index contributed by atoms with van der Waals surface area (Å²) >= 11 is 6.07. The highest BCUT2D eigenvalue weighted by atomic mass is 35.5. The van der Waals surface area contributed by atoms with Crippen molar-refractivity contribution in [2.45, 2.75) is 6.04 Å². The summed E-state index contributed by atoms with van der Waals surface area (Å²) in [6.07, 6.45) is 3.09. The highest BCUT2D eigenvalue weighted by molar-refractivity contribution is 6.31. The summed E-state index contributed by atoms with van der Waals surface area (Å²) in [5.74, 6) is -0.321. The van der Waals surface area contributed by atoms with Crippen LogP contribution in [0.25, 0.3) is 0 Å². The van der Waals surface area contributed by atoms with Crippen LogP contribution in [-0.2, 0) is 0 Å². The Bertz CT molecular complexity index is 504. The van der Waals surface area contributed by atoms with E-state index in [1.165, 1.54) is 24.5 Å². The van der Waals surface area contributed by atoms with E-state index in [0.717, 1.165) is 5.69 Å². The number of hydrogen-bond donors (Lipinski definition) is 1. The highest BCUT2D eigenvalue weighted by Crippen LogP contribution is 2.27. The van der Waals surface area contributed by atoms with Crippen LogP contribution in [0.4, 0.5) is 4.39 Å².